The summed E-state index contributed by atoms with van der Waals surface area (Å²) in [5.41, 5.74) is -0.476. The quantitative estimate of drug-likeness (QED) is 0.759. The second-order valence-electron chi connectivity index (χ2n) is 3.99. The lowest BCUT2D eigenvalue weighted by atomic mass is 9.80. The summed E-state index contributed by atoms with van der Waals surface area (Å²) in [6.45, 7) is 3.55. The van der Waals surface area contributed by atoms with Crippen LogP contribution in [0.1, 0.15) is 26.2 Å². The van der Waals surface area contributed by atoms with Crippen LogP contribution in [-0.2, 0) is 6.54 Å². The summed E-state index contributed by atoms with van der Waals surface area (Å²) in [5, 5.41) is 17.3. The van der Waals surface area contributed by atoms with E-state index in [2.05, 4.69) is 17.3 Å². The number of rotatable bonds is 4. The fraction of sp³-hybridized carbons (Fsp3) is 0.700. The van der Waals surface area contributed by atoms with Crippen molar-refractivity contribution in [2.24, 2.45) is 0 Å². The third-order valence-electron chi connectivity index (χ3n) is 2.85. The summed E-state index contributed by atoms with van der Waals surface area (Å²) in [7, 11) is 0. The number of hydrogen-bond donors (Lipinski definition) is 2. The van der Waals surface area contributed by atoms with Crippen molar-refractivity contribution in [3.63, 3.8) is 0 Å². The summed E-state index contributed by atoms with van der Waals surface area (Å²) in [6, 6.07) is 1.94. The zero-order valence-corrected chi connectivity index (χ0v) is 8.53. The van der Waals surface area contributed by atoms with Gasteiger partial charge in [-0.2, -0.15) is 5.10 Å². The topological polar surface area (TPSA) is 50.1 Å². The fourth-order valence-corrected chi connectivity index (χ4v) is 1.65. The summed E-state index contributed by atoms with van der Waals surface area (Å²) >= 11 is 0. The Hall–Kier alpha value is -1.03. The average Bonchev–Trinajstić information content (AvgIpc) is 2.59. The minimum absolute atomic E-state index is 0.476. The van der Waals surface area contributed by atoms with E-state index >= 15 is 0 Å². The standard InChI is InChI=1S/C10H17N3O/c1-2-13-7-4-9(12-13)11-8-10(14)5-3-6-10/h4,7,14H,2-3,5-6,8H2,1H3,(H,11,12). The van der Waals surface area contributed by atoms with Crippen LogP contribution in [0.25, 0.3) is 0 Å². The van der Waals surface area contributed by atoms with Crippen molar-refractivity contribution in [3.8, 4) is 0 Å². The van der Waals surface area contributed by atoms with Gasteiger partial charge in [0, 0.05) is 25.4 Å². The molecule has 0 aromatic carbocycles. The van der Waals surface area contributed by atoms with Crippen molar-refractivity contribution < 1.29 is 5.11 Å². The molecule has 4 heteroatoms. The van der Waals surface area contributed by atoms with Gasteiger partial charge in [-0.1, -0.05) is 0 Å². The highest BCUT2D eigenvalue weighted by atomic mass is 16.3. The maximum Gasteiger partial charge on any atom is 0.148 e. The van der Waals surface area contributed by atoms with Crippen molar-refractivity contribution in [2.45, 2.75) is 38.3 Å². The first-order valence-electron chi connectivity index (χ1n) is 5.21. The summed E-state index contributed by atoms with van der Waals surface area (Å²) < 4.78 is 1.87. The molecule has 14 heavy (non-hydrogen) atoms. The first-order valence-corrected chi connectivity index (χ1v) is 5.21. The second-order valence-corrected chi connectivity index (χ2v) is 3.99. The third-order valence-corrected chi connectivity index (χ3v) is 2.85. The van der Waals surface area contributed by atoms with Gasteiger partial charge < -0.3 is 10.4 Å². The van der Waals surface area contributed by atoms with Crippen molar-refractivity contribution in [3.05, 3.63) is 12.3 Å². The Kier molecular flexibility index (Phi) is 2.46. The van der Waals surface area contributed by atoms with E-state index in [0.717, 1.165) is 31.6 Å². The number of hydrogen-bond acceptors (Lipinski definition) is 3. The van der Waals surface area contributed by atoms with Gasteiger partial charge in [-0.15, -0.1) is 0 Å². The zero-order valence-electron chi connectivity index (χ0n) is 8.53. The lowest BCUT2D eigenvalue weighted by Gasteiger charge is -2.36. The van der Waals surface area contributed by atoms with Gasteiger partial charge in [0.15, 0.2) is 0 Å². The van der Waals surface area contributed by atoms with Gasteiger partial charge >= 0.3 is 0 Å². The van der Waals surface area contributed by atoms with Crippen molar-refractivity contribution in [2.75, 3.05) is 11.9 Å². The minimum atomic E-state index is -0.476. The fourth-order valence-electron chi connectivity index (χ4n) is 1.65. The van der Waals surface area contributed by atoms with Crippen LogP contribution < -0.4 is 5.32 Å². The Bertz CT molecular complexity index is 304. The molecule has 1 aliphatic rings. The van der Waals surface area contributed by atoms with Crippen molar-refractivity contribution in [1.29, 1.82) is 0 Å². The number of aliphatic hydroxyl groups is 1. The highest BCUT2D eigenvalue weighted by molar-refractivity contribution is 5.32. The molecule has 0 amide bonds. The highest BCUT2D eigenvalue weighted by Crippen LogP contribution is 2.31. The monoisotopic (exact) mass is 195 g/mol. The first-order chi connectivity index (χ1) is 6.72. The molecular formula is C10H17N3O. The Balaban J connectivity index is 1.85. The van der Waals surface area contributed by atoms with Crippen LogP contribution in [0.5, 0.6) is 0 Å². The Morgan fingerprint density at radius 2 is 2.43 bits per heavy atom. The molecule has 0 unspecified atom stereocenters. The van der Waals surface area contributed by atoms with Gasteiger partial charge in [0.1, 0.15) is 5.82 Å². The molecule has 2 N–H and O–H groups in total. The molecule has 1 heterocycles. The van der Waals surface area contributed by atoms with Gasteiger partial charge in [0.05, 0.1) is 5.60 Å². The van der Waals surface area contributed by atoms with E-state index in [1.54, 1.807) is 0 Å². The van der Waals surface area contributed by atoms with Crippen LogP contribution >= 0.6 is 0 Å². The van der Waals surface area contributed by atoms with Gasteiger partial charge in [-0.3, -0.25) is 4.68 Å². The van der Waals surface area contributed by atoms with E-state index in [0.29, 0.717) is 6.54 Å². The molecule has 0 saturated heterocycles. The highest BCUT2D eigenvalue weighted by Gasteiger charge is 2.33. The van der Waals surface area contributed by atoms with Crippen LogP contribution in [0.4, 0.5) is 5.82 Å². The summed E-state index contributed by atoms with van der Waals surface area (Å²) in [5.74, 6) is 0.854. The van der Waals surface area contributed by atoms with Gasteiger partial charge in [0.25, 0.3) is 0 Å². The van der Waals surface area contributed by atoms with E-state index in [-0.39, 0.29) is 0 Å². The van der Waals surface area contributed by atoms with Crippen molar-refractivity contribution >= 4 is 5.82 Å². The molecule has 0 spiro atoms. The molecule has 1 fully saturated rings. The predicted molar refractivity (Wildman–Crippen MR) is 55.2 cm³/mol. The second kappa shape index (κ2) is 3.61. The molecule has 1 saturated carbocycles. The zero-order chi connectivity index (χ0) is 10.0. The molecule has 4 nitrogen and oxygen atoms in total. The summed E-state index contributed by atoms with van der Waals surface area (Å²) in [6.07, 6.45) is 4.90. The molecule has 1 aliphatic carbocycles. The predicted octanol–water partition coefficient (Wildman–Crippen LogP) is 1.23. The lowest BCUT2D eigenvalue weighted by molar-refractivity contribution is -0.0202. The number of aromatic nitrogens is 2. The maximum absolute atomic E-state index is 9.84. The Morgan fingerprint density at radius 1 is 1.64 bits per heavy atom. The minimum Gasteiger partial charge on any atom is -0.388 e. The largest absolute Gasteiger partial charge is 0.388 e. The number of anilines is 1. The van der Waals surface area contributed by atoms with Crippen LogP contribution in [0, 0.1) is 0 Å². The van der Waals surface area contributed by atoms with Crippen LogP contribution in [0.15, 0.2) is 12.3 Å². The summed E-state index contributed by atoms with van der Waals surface area (Å²) in [4.78, 5) is 0. The number of nitrogens with zero attached hydrogens (tertiary/aromatic N) is 2. The van der Waals surface area contributed by atoms with Gasteiger partial charge in [0.2, 0.25) is 0 Å². The van der Waals surface area contributed by atoms with Crippen LogP contribution in [-0.4, -0.2) is 27.0 Å². The van der Waals surface area contributed by atoms with Gasteiger partial charge in [-0.05, 0) is 26.2 Å². The normalized spacial score (nSPS) is 19.0. The van der Waals surface area contributed by atoms with Crippen LogP contribution in [0.2, 0.25) is 0 Å². The van der Waals surface area contributed by atoms with Crippen molar-refractivity contribution in [1.82, 2.24) is 9.78 Å². The molecule has 1 aromatic heterocycles. The molecule has 78 valence electrons. The van der Waals surface area contributed by atoms with E-state index in [1.807, 2.05) is 16.9 Å². The van der Waals surface area contributed by atoms with Gasteiger partial charge in [-0.25, -0.2) is 0 Å². The molecular weight excluding hydrogens is 178 g/mol. The average molecular weight is 195 g/mol. The molecule has 0 bridgehead atoms. The Labute approximate surface area is 83.9 Å². The molecule has 0 aliphatic heterocycles. The molecule has 1 aromatic rings. The Morgan fingerprint density at radius 3 is 2.93 bits per heavy atom. The third kappa shape index (κ3) is 1.90. The van der Waals surface area contributed by atoms with E-state index in [4.69, 9.17) is 0 Å². The molecule has 2 rings (SSSR count). The maximum atomic E-state index is 9.84. The molecule has 0 radical (unpaired) electrons. The molecule has 0 atom stereocenters. The first kappa shape index (κ1) is 9.52. The van der Waals surface area contributed by atoms with E-state index < -0.39 is 5.60 Å². The van der Waals surface area contributed by atoms with E-state index in [1.165, 1.54) is 0 Å². The SMILES string of the molecule is CCn1ccc(NCC2(O)CCC2)n1. The van der Waals surface area contributed by atoms with Crippen LogP contribution in [0.3, 0.4) is 0 Å². The lowest BCUT2D eigenvalue weighted by Crippen LogP contribution is -2.43. The number of aryl methyl sites for hydroxylation is 1. The smallest absolute Gasteiger partial charge is 0.148 e. The number of nitrogens with one attached hydrogen (secondary N) is 1. The van der Waals surface area contributed by atoms with E-state index in [9.17, 15) is 5.11 Å².